The van der Waals surface area contributed by atoms with Crippen LogP contribution in [-0.2, 0) is 16.6 Å². The van der Waals surface area contributed by atoms with Crippen molar-refractivity contribution in [3.05, 3.63) is 71.3 Å². The highest BCUT2D eigenvalue weighted by Gasteiger charge is 2.42. The number of nitrogens with zero attached hydrogens (tertiary/aromatic N) is 5. The normalized spacial score (nSPS) is 19.5. The summed E-state index contributed by atoms with van der Waals surface area (Å²) in [4.78, 5) is 1.87. The van der Waals surface area contributed by atoms with Gasteiger partial charge in [-0.05, 0) is 81.0 Å². The van der Waals surface area contributed by atoms with Crippen molar-refractivity contribution in [2.75, 3.05) is 0 Å². The third-order valence-electron chi connectivity index (χ3n) is 5.99. The Morgan fingerprint density at radius 3 is 2.38 bits per heavy atom. The fraction of sp³-hybridized carbons (Fsp3) is 0.435. The van der Waals surface area contributed by atoms with E-state index in [1.807, 2.05) is 19.1 Å². The van der Waals surface area contributed by atoms with Crippen LogP contribution in [-0.4, -0.2) is 39.0 Å². The van der Waals surface area contributed by atoms with Crippen LogP contribution < -0.4 is 0 Å². The number of rotatable bonds is 8. The third kappa shape index (κ3) is 4.88. The van der Waals surface area contributed by atoms with Gasteiger partial charge in [-0.1, -0.05) is 29.8 Å². The molecular weight excluding hydrogens is 429 g/mol. The Hall–Kier alpha value is -2.65. The Labute approximate surface area is 188 Å². The molecule has 2 heterocycles. The summed E-state index contributed by atoms with van der Waals surface area (Å²) in [6.45, 7) is 4.38. The van der Waals surface area contributed by atoms with Gasteiger partial charge in [-0.15, -0.1) is 10.2 Å². The molecule has 1 aromatic heterocycles. The molecule has 0 saturated carbocycles. The molecule has 2 atom stereocenters. The lowest BCUT2D eigenvalue weighted by Gasteiger charge is -2.30. The van der Waals surface area contributed by atoms with Gasteiger partial charge in [-0.25, -0.2) is 12.8 Å². The SMILES string of the molecule is Cc1ccc(S(=O)(=O)N2C(CCCCn3nnc(C)n3)CCC2c2ccc(F)cc2)cc1. The van der Waals surface area contributed by atoms with Crippen LogP contribution in [0, 0.1) is 19.7 Å². The molecule has 0 N–H and O–H groups in total. The molecule has 2 aromatic carbocycles. The van der Waals surface area contributed by atoms with E-state index in [1.165, 1.54) is 12.1 Å². The first-order valence-electron chi connectivity index (χ1n) is 10.9. The molecule has 1 fully saturated rings. The number of unbranched alkanes of at least 4 members (excludes halogenated alkanes) is 1. The maximum Gasteiger partial charge on any atom is 0.243 e. The first-order chi connectivity index (χ1) is 15.3. The second-order valence-electron chi connectivity index (χ2n) is 8.37. The van der Waals surface area contributed by atoms with E-state index in [2.05, 4.69) is 15.4 Å². The number of tetrazole rings is 1. The summed E-state index contributed by atoms with van der Waals surface area (Å²) in [5.41, 5.74) is 1.83. The topological polar surface area (TPSA) is 81.0 Å². The molecule has 9 heteroatoms. The van der Waals surface area contributed by atoms with Crippen LogP contribution in [0.4, 0.5) is 4.39 Å². The van der Waals surface area contributed by atoms with Crippen molar-refractivity contribution in [3.63, 3.8) is 0 Å². The summed E-state index contributed by atoms with van der Waals surface area (Å²) < 4.78 is 42.5. The van der Waals surface area contributed by atoms with Crippen LogP contribution in [0.25, 0.3) is 0 Å². The summed E-state index contributed by atoms with van der Waals surface area (Å²) in [5, 5.41) is 12.1. The van der Waals surface area contributed by atoms with Crippen molar-refractivity contribution in [1.82, 2.24) is 24.5 Å². The second kappa shape index (κ2) is 9.46. The quantitative estimate of drug-likeness (QED) is 0.474. The molecule has 2 unspecified atom stereocenters. The molecule has 3 aromatic rings. The third-order valence-corrected chi connectivity index (χ3v) is 7.97. The van der Waals surface area contributed by atoms with Gasteiger partial charge in [0, 0.05) is 6.04 Å². The molecule has 1 aliphatic rings. The molecular formula is C23H28FN5O2S. The van der Waals surface area contributed by atoms with E-state index in [1.54, 1.807) is 40.3 Å². The summed E-state index contributed by atoms with van der Waals surface area (Å²) in [7, 11) is -3.70. The number of aromatic nitrogens is 4. The summed E-state index contributed by atoms with van der Waals surface area (Å²) in [5.74, 6) is 0.312. The van der Waals surface area contributed by atoms with E-state index >= 15 is 0 Å². The Bertz CT molecular complexity index is 1150. The minimum Gasteiger partial charge on any atom is -0.207 e. The van der Waals surface area contributed by atoms with E-state index in [-0.39, 0.29) is 17.9 Å². The number of benzene rings is 2. The van der Waals surface area contributed by atoms with Crippen molar-refractivity contribution in [3.8, 4) is 0 Å². The van der Waals surface area contributed by atoms with Crippen LogP contribution in [0.15, 0.2) is 53.4 Å². The van der Waals surface area contributed by atoms with Crippen molar-refractivity contribution in [1.29, 1.82) is 0 Å². The van der Waals surface area contributed by atoms with Crippen molar-refractivity contribution in [2.24, 2.45) is 0 Å². The van der Waals surface area contributed by atoms with Gasteiger partial charge < -0.3 is 0 Å². The number of aryl methyl sites for hydroxylation is 3. The first kappa shape index (κ1) is 22.5. The van der Waals surface area contributed by atoms with E-state index in [9.17, 15) is 12.8 Å². The van der Waals surface area contributed by atoms with Gasteiger partial charge in [-0.2, -0.15) is 9.10 Å². The zero-order chi connectivity index (χ0) is 22.7. The lowest BCUT2D eigenvalue weighted by Crippen LogP contribution is -2.37. The monoisotopic (exact) mass is 457 g/mol. The maximum atomic E-state index is 13.7. The second-order valence-corrected chi connectivity index (χ2v) is 10.2. The largest absolute Gasteiger partial charge is 0.243 e. The Balaban J connectivity index is 1.54. The van der Waals surface area contributed by atoms with Gasteiger partial charge >= 0.3 is 0 Å². The van der Waals surface area contributed by atoms with Gasteiger partial charge in [0.2, 0.25) is 10.0 Å². The van der Waals surface area contributed by atoms with Crippen LogP contribution in [0.5, 0.6) is 0 Å². The molecule has 0 aliphatic carbocycles. The molecule has 0 bridgehead atoms. The molecule has 7 nitrogen and oxygen atoms in total. The molecule has 0 spiro atoms. The lowest BCUT2D eigenvalue weighted by molar-refractivity contribution is 0.304. The van der Waals surface area contributed by atoms with Crippen LogP contribution in [0.1, 0.15) is 55.1 Å². The van der Waals surface area contributed by atoms with Crippen molar-refractivity contribution < 1.29 is 12.8 Å². The average Bonchev–Trinajstić information content (AvgIpc) is 3.38. The molecule has 0 radical (unpaired) electrons. The Morgan fingerprint density at radius 2 is 1.72 bits per heavy atom. The molecule has 1 saturated heterocycles. The van der Waals surface area contributed by atoms with Crippen LogP contribution in [0.3, 0.4) is 0 Å². The molecule has 32 heavy (non-hydrogen) atoms. The minimum absolute atomic E-state index is 0.109. The summed E-state index contributed by atoms with van der Waals surface area (Å²) in [6, 6.07) is 12.7. The van der Waals surface area contributed by atoms with Crippen LogP contribution >= 0.6 is 0 Å². The van der Waals surface area contributed by atoms with Gasteiger partial charge in [0.05, 0.1) is 17.5 Å². The summed E-state index contributed by atoms with van der Waals surface area (Å²) >= 11 is 0. The zero-order valence-corrected chi connectivity index (χ0v) is 19.2. The maximum absolute atomic E-state index is 13.7. The summed E-state index contributed by atoms with van der Waals surface area (Å²) in [6.07, 6.45) is 3.92. The highest BCUT2D eigenvalue weighted by molar-refractivity contribution is 7.89. The van der Waals surface area contributed by atoms with E-state index in [0.717, 1.165) is 36.8 Å². The predicted octanol–water partition coefficient (Wildman–Crippen LogP) is 4.19. The highest BCUT2D eigenvalue weighted by Crippen LogP contribution is 2.42. The molecule has 4 rings (SSSR count). The molecule has 0 amide bonds. The van der Waals surface area contributed by atoms with E-state index in [4.69, 9.17) is 0 Å². The highest BCUT2D eigenvalue weighted by atomic mass is 32.2. The number of sulfonamides is 1. The lowest BCUT2D eigenvalue weighted by atomic mass is 10.0. The number of halogens is 1. The van der Waals surface area contributed by atoms with Crippen LogP contribution in [0.2, 0.25) is 0 Å². The van der Waals surface area contributed by atoms with Gasteiger partial charge in [0.1, 0.15) is 5.82 Å². The molecule has 170 valence electrons. The fourth-order valence-electron chi connectivity index (χ4n) is 4.38. The van der Waals surface area contributed by atoms with Crippen molar-refractivity contribution >= 4 is 10.0 Å². The van der Waals surface area contributed by atoms with Gasteiger partial charge in [0.15, 0.2) is 5.82 Å². The number of hydrogen-bond donors (Lipinski definition) is 0. The standard InChI is InChI=1S/C23H28FN5O2S/c1-17-6-13-22(14-7-17)32(30,31)29-21(5-3-4-16-28-26-18(2)25-27-28)12-15-23(29)19-8-10-20(24)11-9-19/h6-11,13-14,21,23H,3-5,12,15-16H2,1-2H3. The van der Waals surface area contributed by atoms with E-state index < -0.39 is 10.0 Å². The molecule has 1 aliphatic heterocycles. The predicted molar refractivity (Wildman–Crippen MR) is 119 cm³/mol. The first-order valence-corrected chi connectivity index (χ1v) is 12.4. The smallest absolute Gasteiger partial charge is 0.207 e. The van der Waals surface area contributed by atoms with E-state index in [0.29, 0.717) is 23.7 Å². The number of hydrogen-bond acceptors (Lipinski definition) is 5. The average molecular weight is 458 g/mol. The van der Waals surface area contributed by atoms with Gasteiger partial charge in [-0.3, -0.25) is 0 Å². The fourth-order valence-corrected chi connectivity index (χ4v) is 6.27. The van der Waals surface area contributed by atoms with Gasteiger partial charge in [0.25, 0.3) is 0 Å². The Morgan fingerprint density at radius 1 is 1.00 bits per heavy atom. The Kier molecular flexibility index (Phi) is 6.66. The minimum atomic E-state index is -3.70. The zero-order valence-electron chi connectivity index (χ0n) is 18.4. The van der Waals surface area contributed by atoms with Crippen molar-refractivity contribution in [2.45, 2.75) is 69.5 Å².